The van der Waals surface area contributed by atoms with Crippen LogP contribution in [0.3, 0.4) is 0 Å². The fourth-order valence-corrected chi connectivity index (χ4v) is 9.77. The molecule has 2 unspecified atom stereocenters. The van der Waals surface area contributed by atoms with Crippen molar-refractivity contribution in [1.82, 2.24) is 0 Å². The zero-order chi connectivity index (χ0) is 61.2. The van der Waals surface area contributed by atoms with Crippen molar-refractivity contribution >= 4 is 19.8 Å². The van der Waals surface area contributed by atoms with E-state index in [1.807, 2.05) is 21.1 Å². The van der Waals surface area contributed by atoms with Crippen molar-refractivity contribution < 1.29 is 42.1 Å². The second-order valence-corrected chi connectivity index (χ2v) is 24.8. The molecule has 0 radical (unpaired) electrons. The van der Waals surface area contributed by atoms with Crippen molar-refractivity contribution in [1.29, 1.82) is 0 Å². The second-order valence-electron chi connectivity index (χ2n) is 23.4. The Balaban J connectivity index is 4.11. The summed E-state index contributed by atoms with van der Waals surface area (Å²) in [4.78, 5) is 38.1. The van der Waals surface area contributed by atoms with Crippen LogP contribution in [0.25, 0.3) is 0 Å². The Morgan fingerprint density at radius 1 is 0.369 bits per heavy atom. The van der Waals surface area contributed by atoms with Gasteiger partial charge in [0.05, 0.1) is 27.7 Å². The molecule has 0 fully saturated rings. The second kappa shape index (κ2) is 63.6. The van der Waals surface area contributed by atoms with E-state index in [1.54, 1.807) is 0 Å². The van der Waals surface area contributed by atoms with Crippen LogP contribution in [0.15, 0.2) is 134 Å². The van der Waals surface area contributed by atoms with Crippen LogP contribution in [-0.4, -0.2) is 70.0 Å². The average molecular weight is 1190 g/mol. The molecule has 0 heterocycles. The monoisotopic (exact) mass is 1190 g/mol. The van der Waals surface area contributed by atoms with Crippen molar-refractivity contribution in [2.24, 2.45) is 0 Å². The lowest BCUT2D eigenvalue weighted by Crippen LogP contribution is -2.37. The summed E-state index contributed by atoms with van der Waals surface area (Å²) in [6.07, 6.45) is 92.3. The molecule has 0 amide bonds. The van der Waals surface area contributed by atoms with Gasteiger partial charge in [-0.05, 0) is 109 Å². The van der Waals surface area contributed by atoms with Gasteiger partial charge >= 0.3 is 11.9 Å². The summed E-state index contributed by atoms with van der Waals surface area (Å²) >= 11 is 0. The van der Waals surface area contributed by atoms with Gasteiger partial charge in [-0.3, -0.25) is 14.2 Å². The minimum Gasteiger partial charge on any atom is -0.756 e. The molecule has 84 heavy (non-hydrogen) atoms. The fraction of sp³-hybridized carbons (Fsp3) is 0.676. The number of nitrogens with zero attached hydrogens (tertiary/aromatic N) is 1. The third kappa shape index (κ3) is 67.3. The highest BCUT2D eigenvalue weighted by Gasteiger charge is 2.22. The topological polar surface area (TPSA) is 111 Å². The van der Waals surface area contributed by atoms with Gasteiger partial charge < -0.3 is 27.9 Å². The first-order valence-corrected chi connectivity index (χ1v) is 35.4. The van der Waals surface area contributed by atoms with E-state index in [2.05, 4.69) is 148 Å². The maximum atomic E-state index is 12.9. The number of ether oxygens (including phenoxy) is 2. The van der Waals surface area contributed by atoms with Crippen LogP contribution in [0.5, 0.6) is 0 Å². The maximum absolute atomic E-state index is 12.9. The Kier molecular flexibility index (Phi) is 60.7. The molecule has 0 saturated heterocycles. The van der Waals surface area contributed by atoms with E-state index in [0.717, 1.165) is 116 Å². The SMILES string of the molecule is CC/C=C\C/C=C\C/C=C\C/C=C\C/C=C\C/C=C\C/C=C\CCCCCCCCCCCC(=O)OC(COC(=O)CCCCCCCCCCCCCCCCCC/C=C\C/C=C\C/C=C\C/C=C\CC)COP(=O)([O-])OCC[N+](C)(C)C. The van der Waals surface area contributed by atoms with Crippen molar-refractivity contribution in [3.63, 3.8) is 0 Å². The molecule has 480 valence electrons. The van der Waals surface area contributed by atoms with Gasteiger partial charge in [0.1, 0.15) is 19.8 Å². The molecule has 0 spiro atoms. The Labute approximate surface area is 517 Å². The van der Waals surface area contributed by atoms with Gasteiger partial charge in [-0.2, -0.15) is 0 Å². The number of carbonyl (C=O) groups excluding carboxylic acids is 2. The van der Waals surface area contributed by atoms with Crippen LogP contribution >= 0.6 is 7.82 Å². The van der Waals surface area contributed by atoms with E-state index >= 15 is 0 Å². The molecule has 0 N–H and O–H groups in total. The number of hydrogen-bond acceptors (Lipinski definition) is 8. The maximum Gasteiger partial charge on any atom is 0.306 e. The number of hydrogen-bond donors (Lipinski definition) is 0. The molecule has 10 heteroatoms. The minimum absolute atomic E-state index is 0.0377. The van der Waals surface area contributed by atoms with Crippen LogP contribution in [0.4, 0.5) is 0 Å². The van der Waals surface area contributed by atoms with Gasteiger partial charge in [0.25, 0.3) is 7.82 Å². The molecule has 0 rings (SSSR count). The summed E-state index contributed by atoms with van der Waals surface area (Å²) in [5, 5.41) is 0. The number of allylic oxidation sites excluding steroid dienone is 22. The summed E-state index contributed by atoms with van der Waals surface area (Å²) < 4.78 is 34.3. The zero-order valence-electron chi connectivity index (χ0n) is 54.6. The number of likely N-dealkylation sites (N-methyl/N-ethyl adjacent to an activating group) is 1. The summed E-state index contributed by atoms with van der Waals surface area (Å²) in [5.74, 6) is -0.841. The molecule has 0 aliphatic rings. The highest BCUT2D eigenvalue weighted by Crippen LogP contribution is 2.38. The van der Waals surface area contributed by atoms with Crippen molar-refractivity contribution in [3.8, 4) is 0 Å². The van der Waals surface area contributed by atoms with Crippen LogP contribution < -0.4 is 4.89 Å². The largest absolute Gasteiger partial charge is 0.756 e. The number of quaternary nitrogens is 1. The lowest BCUT2D eigenvalue weighted by molar-refractivity contribution is -0.870. The minimum atomic E-state index is -4.65. The average Bonchev–Trinajstić information content (AvgIpc) is 3.61. The zero-order valence-corrected chi connectivity index (χ0v) is 55.4. The first-order chi connectivity index (χ1) is 41.0. The Morgan fingerprint density at radius 2 is 0.643 bits per heavy atom. The number of carbonyl (C=O) groups is 2. The third-order valence-electron chi connectivity index (χ3n) is 14.2. The molecule has 0 aromatic rings. The van der Waals surface area contributed by atoms with Crippen molar-refractivity contribution in [2.75, 3.05) is 47.5 Å². The third-order valence-corrected chi connectivity index (χ3v) is 15.1. The molecular weight excluding hydrogens is 1060 g/mol. The Bertz CT molecular complexity index is 1880. The molecular formula is C74H126NO8P. The van der Waals surface area contributed by atoms with Crippen LogP contribution in [0.1, 0.15) is 271 Å². The van der Waals surface area contributed by atoms with Gasteiger partial charge in [-0.15, -0.1) is 0 Å². The molecule has 2 atom stereocenters. The van der Waals surface area contributed by atoms with Gasteiger partial charge in [-0.25, -0.2) is 0 Å². The van der Waals surface area contributed by atoms with Crippen LogP contribution in [0.2, 0.25) is 0 Å². The molecule has 9 nitrogen and oxygen atoms in total. The van der Waals surface area contributed by atoms with E-state index in [4.69, 9.17) is 18.5 Å². The van der Waals surface area contributed by atoms with Gasteiger partial charge in [-0.1, -0.05) is 282 Å². The summed E-state index contributed by atoms with van der Waals surface area (Å²) in [7, 11) is 1.15. The summed E-state index contributed by atoms with van der Waals surface area (Å²) in [6, 6.07) is 0. The van der Waals surface area contributed by atoms with Gasteiger partial charge in [0, 0.05) is 12.8 Å². The number of phosphoric acid groups is 1. The van der Waals surface area contributed by atoms with E-state index < -0.39 is 26.5 Å². The number of phosphoric ester groups is 1. The highest BCUT2D eigenvalue weighted by atomic mass is 31.2. The van der Waals surface area contributed by atoms with Crippen molar-refractivity contribution in [3.05, 3.63) is 134 Å². The summed E-state index contributed by atoms with van der Waals surface area (Å²) in [5.41, 5.74) is 0. The fourth-order valence-electron chi connectivity index (χ4n) is 9.04. The number of unbranched alkanes of at least 4 members (excludes halogenated alkanes) is 25. The first kappa shape index (κ1) is 80.2. The van der Waals surface area contributed by atoms with Gasteiger partial charge in [0.2, 0.25) is 0 Å². The lowest BCUT2D eigenvalue weighted by Gasteiger charge is -2.28. The normalized spacial score (nSPS) is 14.0. The van der Waals surface area contributed by atoms with Crippen molar-refractivity contribution in [2.45, 2.75) is 277 Å². The number of esters is 2. The van der Waals surface area contributed by atoms with E-state index in [-0.39, 0.29) is 32.0 Å². The molecule has 0 aliphatic carbocycles. The lowest BCUT2D eigenvalue weighted by atomic mass is 10.0. The molecule has 0 aliphatic heterocycles. The molecule has 0 bridgehead atoms. The van der Waals surface area contributed by atoms with Crippen LogP contribution in [-0.2, 0) is 32.7 Å². The summed E-state index contributed by atoms with van der Waals surface area (Å²) in [6.45, 7) is 4.02. The molecule has 0 aromatic heterocycles. The Morgan fingerprint density at radius 3 is 0.952 bits per heavy atom. The van der Waals surface area contributed by atoms with E-state index in [1.165, 1.54) is 122 Å². The quantitative estimate of drug-likeness (QED) is 0.0195. The smallest absolute Gasteiger partial charge is 0.306 e. The predicted molar refractivity (Wildman–Crippen MR) is 360 cm³/mol. The van der Waals surface area contributed by atoms with Gasteiger partial charge in [0.15, 0.2) is 6.10 Å². The number of rotatable bonds is 61. The molecule has 0 aromatic carbocycles. The van der Waals surface area contributed by atoms with E-state index in [0.29, 0.717) is 17.4 Å². The highest BCUT2D eigenvalue weighted by molar-refractivity contribution is 7.45. The predicted octanol–water partition coefficient (Wildman–Crippen LogP) is 21.4. The van der Waals surface area contributed by atoms with Crippen LogP contribution in [0, 0.1) is 0 Å². The standard InChI is InChI=1S/C74H126NO8P/c1-6-8-10-12-14-16-18-20-22-24-26-28-30-32-34-36-37-39-41-43-45-47-49-51-53-55-57-59-61-63-65-67-74(77)83-72(71-82-84(78,79)81-69-68-75(3,4)5)70-80-73(76)66-64-62-60-58-56-54-52-50-48-46-44-42-40-38-35-33-31-29-27-25-23-21-19-17-15-13-11-9-7-2/h8-11,14-17,20-23,26-29,32,34,37,39,43,45,72H,6-7,12-13,18-19,24-25,30-31,33,35-36,38,40-42,44,46-71H2,1-5H3/b10-8-,11-9-,16-14-,17-15-,22-20-,23-21-,28-26-,29-27-,34-32-,39-37-,45-43-. The molecule has 0 saturated carbocycles. The van der Waals surface area contributed by atoms with E-state index in [9.17, 15) is 19.0 Å². The Hall–Kier alpha value is -3.85. The first-order valence-electron chi connectivity index (χ1n) is 33.9.